The smallest absolute Gasteiger partial charge is 0.238 e. The van der Waals surface area contributed by atoms with Crippen LogP contribution in [0.1, 0.15) is 16.4 Å². The first kappa shape index (κ1) is 16.1. The molecule has 24 heavy (non-hydrogen) atoms. The number of carbonyl (C=O) groups excluding carboxylic acids is 1. The SMILES string of the molecule is Nc1nc(S[C@@H](C(=O)NCc2ccccc2)c2ccccc2)n[nH]1. The van der Waals surface area contributed by atoms with E-state index in [9.17, 15) is 4.79 Å². The van der Waals surface area contributed by atoms with Gasteiger partial charge in [-0.05, 0) is 11.1 Å². The van der Waals surface area contributed by atoms with Gasteiger partial charge in [-0.1, -0.05) is 72.4 Å². The second kappa shape index (κ2) is 7.65. The number of aromatic amines is 1. The Bertz CT molecular complexity index is 791. The van der Waals surface area contributed by atoms with Crippen molar-refractivity contribution in [1.82, 2.24) is 20.5 Å². The summed E-state index contributed by atoms with van der Waals surface area (Å²) in [4.78, 5) is 16.8. The monoisotopic (exact) mass is 339 g/mol. The van der Waals surface area contributed by atoms with Gasteiger partial charge >= 0.3 is 0 Å². The summed E-state index contributed by atoms with van der Waals surface area (Å²) in [7, 11) is 0. The van der Waals surface area contributed by atoms with Gasteiger partial charge in [0, 0.05) is 6.54 Å². The van der Waals surface area contributed by atoms with Gasteiger partial charge in [0.05, 0.1) is 0 Å². The van der Waals surface area contributed by atoms with Crippen LogP contribution in [0.3, 0.4) is 0 Å². The molecular weight excluding hydrogens is 322 g/mol. The molecule has 1 heterocycles. The van der Waals surface area contributed by atoms with Crippen molar-refractivity contribution in [3.8, 4) is 0 Å². The van der Waals surface area contributed by atoms with E-state index < -0.39 is 5.25 Å². The van der Waals surface area contributed by atoms with Crippen molar-refractivity contribution in [3.63, 3.8) is 0 Å². The fourth-order valence-electron chi connectivity index (χ4n) is 2.19. The van der Waals surface area contributed by atoms with E-state index in [-0.39, 0.29) is 11.9 Å². The predicted molar refractivity (Wildman–Crippen MR) is 94.1 cm³/mol. The second-order valence-electron chi connectivity index (χ2n) is 5.12. The topological polar surface area (TPSA) is 96.7 Å². The first-order valence-corrected chi connectivity index (χ1v) is 8.31. The van der Waals surface area contributed by atoms with Gasteiger partial charge in [0.2, 0.25) is 17.0 Å². The number of aromatic nitrogens is 3. The summed E-state index contributed by atoms with van der Waals surface area (Å²) in [6.07, 6.45) is 0. The molecule has 0 unspecified atom stereocenters. The average Bonchev–Trinajstić information content (AvgIpc) is 3.04. The van der Waals surface area contributed by atoms with Gasteiger partial charge in [0.1, 0.15) is 5.25 Å². The third-order valence-electron chi connectivity index (χ3n) is 3.36. The molecule has 0 aliphatic heterocycles. The van der Waals surface area contributed by atoms with Gasteiger partial charge < -0.3 is 11.1 Å². The van der Waals surface area contributed by atoms with Crippen LogP contribution in [-0.4, -0.2) is 21.1 Å². The van der Waals surface area contributed by atoms with Crippen molar-refractivity contribution in [2.24, 2.45) is 0 Å². The van der Waals surface area contributed by atoms with E-state index in [4.69, 9.17) is 5.73 Å². The van der Waals surface area contributed by atoms with E-state index in [2.05, 4.69) is 20.5 Å². The molecule has 0 saturated heterocycles. The summed E-state index contributed by atoms with van der Waals surface area (Å²) in [5, 5.41) is 9.55. The Morgan fingerprint density at radius 3 is 2.42 bits per heavy atom. The molecule has 122 valence electrons. The van der Waals surface area contributed by atoms with E-state index in [1.54, 1.807) is 0 Å². The van der Waals surface area contributed by atoms with Crippen LogP contribution in [0.2, 0.25) is 0 Å². The number of amides is 1. The molecule has 2 aromatic carbocycles. The maximum atomic E-state index is 12.7. The molecule has 0 aliphatic carbocycles. The van der Waals surface area contributed by atoms with E-state index >= 15 is 0 Å². The summed E-state index contributed by atoms with van der Waals surface area (Å²) in [5.41, 5.74) is 7.49. The number of rotatable bonds is 6. The molecule has 3 rings (SSSR count). The summed E-state index contributed by atoms with van der Waals surface area (Å²) >= 11 is 1.26. The van der Waals surface area contributed by atoms with Crippen molar-refractivity contribution >= 4 is 23.6 Å². The summed E-state index contributed by atoms with van der Waals surface area (Å²) in [6.45, 7) is 0.472. The van der Waals surface area contributed by atoms with E-state index in [0.29, 0.717) is 11.7 Å². The zero-order valence-corrected chi connectivity index (χ0v) is 13.7. The minimum Gasteiger partial charge on any atom is -0.368 e. The van der Waals surface area contributed by atoms with Crippen LogP contribution in [0.4, 0.5) is 5.95 Å². The molecule has 0 spiro atoms. The van der Waals surface area contributed by atoms with Gasteiger partial charge in [-0.15, -0.1) is 5.10 Å². The predicted octanol–water partition coefficient (Wildman–Crippen LogP) is 2.54. The van der Waals surface area contributed by atoms with E-state index in [0.717, 1.165) is 11.1 Å². The molecule has 1 aromatic heterocycles. The highest BCUT2D eigenvalue weighted by molar-refractivity contribution is 8.00. The zero-order chi connectivity index (χ0) is 16.8. The Kier molecular flexibility index (Phi) is 5.12. The van der Waals surface area contributed by atoms with Crippen molar-refractivity contribution in [2.45, 2.75) is 17.0 Å². The van der Waals surface area contributed by atoms with Gasteiger partial charge in [0.15, 0.2) is 0 Å². The lowest BCUT2D eigenvalue weighted by Gasteiger charge is -2.15. The quantitative estimate of drug-likeness (QED) is 0.600. The first-order chi connectivity index (χ1) is 11.7. The third kappa shape index (κ3) is 4.14. The van der Waals surface area contributed by atoms with Crippen LogP contribution >= 0.6 is 11.8 Å². The minimum atomic E-state index is -0.454. The number of thioether (sulfide) groups is 1. The lowest BCUT2D eigenvalue weighted by Crippen LogP contribution is -2.27. The van der Waals surface area contributed by atoms with Crippen molar-refractivity contribution in [1.29, 1.82) is 0 Å². The molecule has 7 heteroatoms. The molecule has 1 atom stereocenters. The molecule has 0 bridgehead atoms. The molecular formula is C17H17N5OS. The first-order valence-electron chi connectivity index (χ1n) is 7.43. The Morgan fingerprint density at radius 2 is 1.79 bits per heavy atom. The number of anilines is 1. The third-order valence-corrected chi connectivity index (χ3v) is 4.47. The van der Waals surface area contributed by atoms with Crippen LogP contribution < -0.4 is 11.1 Å². The number of nitrogens with one attached hydrogen (secondary N) is 2. The number of carbonyl (C=O) groups is 1. The van der Waals surface area contributed by atoms with Crippen LogP contribution in [-0.2, 0) is 11.3 Å². The highest BCUT2D eigenvalue weighted by atomic mass is 32.2. The van der Waals surface area contributed by atoms with Gasteiger partial charge in [-0.3, -0.25) is 4.79 Å². The lowest BCUT2D eigenvalue weighted by atomic mass is 10.1. The van der Waals surface area contributed by atoms with Crippen molar-refractivity contribution < 1.29 is 4.79 Å². The summed E-state index contributed by atoms with van der Waals surface area (Å²) < 4.78 is 0. The molecule has 0 saturated carbocycles. The fraction of sp³-hybridized carbons (Fsp3) is 0.118. The fourth-order valence-corrected chi connectivity index (χ4v) is 3.14. The lowest BCUT2D eigenvalue weighted by molar-refractivity contribution is -0.120. The van der Waals surface area contributed by atoms with Crippen molar-refractivity contribution in [3.05, 3.63) is 71.8 Å². The summed E-state index contributed by atoms with van der Waals surface area (Å²) in [6, 6.07) is 19.3. The molecule has 0 aliphatic rings. The average molecular weight is 339 g/mol. The highest BCUT2D eigenvalue weighted by Crippen LogP contribution is 2.33. The number of nitrogen functional groups attached to an aromatic ring is 1. The Balaban J connectivity index is 1.74. The maximum Gasteiger partial charge on any atom is 0.238 e. The Hall–Kier alpha value is -2.80. The number of benzene rings is 2. The largest absolute Gasteiger partial charge is 0.368 e. The second-order valence-corrected chi connectivity index (χ2v) is 6.19. The van der Waals surface area contributed by atoms with Crippen LogP contribution in [0, 0.1) is 0 Å². The standard InChI is InChI=1S/C17H17N5OS/c18-16-20-17(22-21-16)24-14(13-9-5-2-6-10-13)15(23)19-11-12-7-3-1-4-8-12/h1-10,14H,11H2,(H,19,23)(H3,18,20,21,22)/t14-/m1/s1. The Labute approximate surface area is 143 Å². The Morgan fingerprint density at radius 1 is 1.12 bits per heavy atom. The number of hydrogen-bond donors (Lipinski definition) is 3. The van der Waals surface area contributed by atoms with Crippen LogP contribution in [0.5, 0.6) is 0 Å². The zero-order valence-electron chi connectivity index (χ0n) is 12.8. The number of nitrogens with two attached hydrogens (primary N) is 1. The van der Waals surface area contributed by atoms with Gasteiger partial charge in [0.25, 0.3) is 0 Å². The van der Waals surface area contributed by atoms with Gasteiger partial charge in [-0.25, -0.2) is 5.10 Å². The molecule has 3 aromatic rings. The molecule has 6 nitrogen and oxygen atoms in total. The number of hydrogen-bond acceptors (Lipinski definition) is 5. The van der Waals surface area contributed by atoms with Crippen LogP contribution in [0.15, 0.2) is 65.8 Å². The molecule has 0 radical (unpaired) electrons. The maximum absolute atomic E-state index is 12.7. The van der Waals surface area contributed by atoms with Gasteiger partial charge in [-0.2, -0.15) is 4.98 Å². The molecule has 4 N–H and O–H groups in total. The van der Waals surface area contributed by atoms with E-state index in [1.807, 2.05) is 60.7 Å². The van der Waals surface area contributed by atoms with Crippen molar-refractivity contribution in [2.75, 3.05) is 5.73 Å². The van der Waals surface area contributed by atoms with Crippen LogP contribution in [0.25, 0.3) is 0 Å². The molecule has 0 fully saturated rings. The highest BCUT2D eigenvalue weighted by Gasteiger charge is 2.23. The number of H-pyrrole nitrogens is 1. The van der Waals surface area contributed by atoms with E-state index in [1.165, 1.54) is 11.8 Å². The minimum absolute atomic E-state index is 0.0987. The normalized spacial score (nSPS) is 11.8. The summed E-state index contributed by atoms with van der Waals surface area (Å²) in [5.74, 6) is 0.132. The number of nitrogens with zero attached hydrogens (tertiary/aromatic N) is 2. The molecule has 1 amide bonds.